The molecule has 24 heavy (non-hydrogen) atoms. The Labute approximate surface area is 137 Å². The summed E-state index contributed by atoms with van der Waals surface area (Å²) >= 11 is 0. The Hall–Kier alpha value is -2.96. The summed E-state index contributed by atoms with van der Waals surface area (Å²) < 4.78 is 31.2. The molecule has 0 bridgehead atoms. The van der Waals surface area contributed by atoms with Crippen LogP contribution in [0.3, 0.4) is 0 Å². The molecule has 7 heteroatoms. The molecule has 0 aliphatic heterocycles. The third kappa shape index (κ3) is 5.68. The molecule has 0 atom stereocenters. The first-order valence-electron chi connectivity index (χ1n) is 7.24. The fourth-order valence-electron chi connectivity index (χ4n) is 1.82. The van der Waals surface area contributed by atoms with Gasteiger partial charge in [0.25, 0.3) is 0 Å². The van der Waals surface area contributed by atoms with Crippen molar-refractivity contribution < 1.29 is 23.1 Å². The normalized spacial score (nSPS) is 10.1. The Morgan fingerprint density at radius 3 is 2.42 bits per heavy atom. The molecule has 0 unspecified atom stereocenters. The number of anilines is 1. The predicted molar refractivity (Wildman–Crippen MR) is 84.6 cm³/mol. The molecule has 0 saturated carbocycles. The van der Waals surface area contributed by atoms with Crippen LogP contribution in [0, 0.1) is 11.6 Å². The van der Waals surface area contributed by atoms with Crippen LogP contribution in [-0.2, 0) is 9.59 Å². The van der Waals surface area contributed by atoms with Gasteiger partial charge < -0.3 is 15.4 Å². The highest BCUT2D eigenvalue weighted by molar-refractivity contribution is 5.94. The van der Waals surface area contributed by atoms with Crippen LogP contribution in [0.15, 0.2) is 48.5 Å². The van der Waals surface area contributed by atoms with E-state index in [0.29, 0.717) is 5.75 Å². The molecule has 0 aliphatic rings. The molecule has 0 radical (unpaired) electrons. The van der Waals surface area contributed by atoms with Gasteiger partial charge in [-0.2, -0.15) is 0 Å². The summed E-state index contributed by atoms with van der Waals surface area (Å²) in [6.45, 7) is -0.0934. The smallest absolute Gasteiger partial charge is 0.243 e. The quantitative estimate of drug-likeness (QED) is 0.817. The lowest BCUT2D eigenvalue weighted by atomic mass is 10.3. The van der Waals surface area contributed by atoms with Crippen molar-refractivity contribution in [1.29, 1.82) is 0 Å². The Bertz CT molecular complexity index is 708. The van der Waals surface area contributed by atoms with Gasteiger partial charge in [0.2, 0.25) is 11.8 Å². The highest BCUT2D eigenvalue weighted by atomic mass is 19.2. The third-order valence-corrected chi connectivity index (χ3v) is 2.99. The number of benzene rings is 2. The molecular formula is C17H16F2N2O3. The van der Waals surface area contributed by atoms with Crippen LogP contribution < -0.4 is 15.4 Å². The van der Waals surface area contributed by atoms with Crippen molar-refractivity contribution >= 4 is 17.5 Å². The van der Waals surface area contributed by atoms with Gasteiger partial charge >= 0.3 is 0 Å². The van der Waals surface area contributed by atoms with Crippen molar-refractivity contribution in [1.82, 2.24) is 5.32 Å². The molecule has 0 aromatic heterocycles. The van der Waals surface area contributed by atoms with E-state index in [2.05, 4.69) is 10.6 Å². The van der Waals surface area contributed by atoms with E-state index in [1.54, 1.807) is 12.1 Å². The van der Waals surface area contributed by atoms with Crippen molar-refractivity contribution in [2.45, 2.75) is 6.42 Å². The van der Waals surface area contributed by atoms with E-state index >= 15 is 0 Å². The Kier molecular flexibility index (Phi) is 6.24. The molecule has 0 aliphatic carbocycles. The molecule has 2 rings (SSSR count). The van der Waals surface area contributed by atoms with Gasteiger partial charge in [-0.15, -0.1) is 0 Å². The first-order valence-corrected chi connectivity index (χ1v) is 7.24. The molecule has 2 aromatic rings. The molecule has 2 amide bonds. The van der Waals surface area contributed by atoms with Crippen molar-refractivity contribution in [3.05, 3.63) is 60.2 Å². The van der Waals surface area contributed by atoms with Gasteiger partial charge in [-0.05, 0) is 24.3 Å². The zero-order chi connectivity index (χ0) is 17.4. The lowest BCUT2D eigenvalue weighted by molar-refractivity contribution is -0.124. The standard InChI is InChI=1S/C17H16F2N2O3/c18-14-7-6-12(10-15(14)19)21-17(23)11-20-16(22)8-9-24-13-4-2-1-3-5-13/h1-7,10H,8-9,11H2,(H,20,22)(H,21,23). The molecule has 0 spiro atoms. The summed E-state index contributed by atoms with van der Waals surface area (Å²) in [4.78, 5) is 23.2. The fourth-order valence-corrected chi connectivity index (χ4v) is 1.82. The van der Waals surface area contributed by atoms with Crippen molar-refractivity contribution in [3.8, 4) is 5.75 Å². The Morgan fingerprint density at radius 1 is 0.958 bits per heavy atom. The largest absolute Gasteiger partial charge is 0.493 e. The number of nitrogens with one attached hydrogen (secondary N) is 2. The Balaban J connectivity index is 1.67. The molecule has 2 N–H and O–H groups in total. The first-order chi connectivity index (χ1) is 11.5. The van der Waals surface area contributed by atoms with E-state index in [0.717, 1.165) is 12.1 Å². The molecule has 5 nitrogen and oxygen atoms in total. The van der Waals surface area contributed by atoms with Crippen LogP contribution in [-0.4, -0.2) is 25.0 Å². The molecule has 0 fully saturated rings. The topological polar surface area (TPSA) is 67.4 Å². The maximum absolute atomic E-state index is 13.0. The second-order valence-corrected chi connectivity index (χ2v) is 4.87. The first kappa shape index (κ1) is 17.4. The number of hydrogen-bond acceptors (Lipinski definition) is 3. The molecule has 2 aromatic carbocycles. The van der Waals surface area contributed by atoms with Crippen LogP contribution in [0.5, 0.6) is 5.75 Å². The van der Waals surface area contributed by atoms with Crippen LogP contribution in [0.1, 0.15) is 6.42 Å². The van der Waals surface area contributed by atoms with Crippen LogP contribution in [0.2, 0.25) is 0 Å². The number of rotatable bonds is 7. The molecule has 0 heterocycles. The average molecular weight is 334 g/mol. The van der Waals surface area contributed by atoms with Crippen molar-refractivity contribution in [2.75, 3.05) is 18.5 Å². The summed E-state index contributed by atoms with van der Waals surface area (Å²) in [7, 11) is 0. The lowest BCUT2D eigenvalue weighted by Gasteiger charge is -2.08. The highest BCUT2D eigenvalue weighted by Crippen LogP contribution is 2.12. The monoisotopic (exact) mass is 334 g/mol. The molecule has 0 saturated heterocycles. The highest BCUT2D eigenvalue weighted by Gasteiger charge is 2.08. The van der Waals surface area contributed by atoms with Gasteiger partial charge in [-0.3, -0.25) is 9.59 Å². The second-order valence-electron chi connectivity index (χ2n) is 4.87. The minimum Gasteiger partial charge on any atom is -0.493 e. The van der Waals surface area contributed by atoms with Gasteiger partial charge in [0.15, 0.2) is 11.6 Å². The van der Waals surface area contributed by atoms with Crippen LogP contribution in [0.4, 0.5) is 14.5 Å². The van der Waals surface area contributed by atoms with E-state index < -0.39 is 17.5 Å². The average Bonchev–Trinajstić information content (AvgIpc) is 2.57. The number of halogens is 2. The number of para-hydroxylation sites is 1. The zero-order valence-electron chi connectivity index (χ0n) is 12.7. The van der Waals surface area contributed by atoms with Gasteiger partial charge in [0.05, 0.1) is 19.6 Å². The lowest BCUT2D eigenvalue weighted by Crippen LogP contribution is -2.33. The van der Waals surface area contributed by atoms with Crippen LogP contribution in [0.25, 0.3) is 0 Å². The summed E-state index contributed by atoms with van der Waals surface area (Å²) in [5.41, 5.74) is 0.112. The van der Waals surface area contributed by atoms with E-state index in [4.69, 9.17) is 4.74 Å². The summed E-state index contributed by atoms with van der Waals surface area (Å²) in [5.74, 6) is -2.30. The second kappa shape index (κ2) is 8.61. The summed E-state index contributed by atoms with van der Waals surface area (Å²) in [6, 6.07) is 12.0. The van der Waals surface area contributed by atoms with Gasteiger partial charge in [0, 0.05) is 11.8 Å². The van der Waals surface area contributed by atoms with Crippen LogP contribution >= 0.6 is 0 Å². The van der Waals surface area contributed by atoms with Crippen molar-refractivity contribution in [2.24, 2.45) is 0 Å². The van der Waals surface area contributed by atoms with E-state index in [1.807, 2.05) is 18.2 Å². The Morgan fingerprint density at radius 2 is 1.71 bits per heavy atom. The molecule has 126 valence electrons. The maximum Gasteiger partial charge on any atom is 0.243 e. The number of carbonyl (C=O) groups excluding carboxylic acids is 2. The maximum atomic E-state index is 13.0. The predicted octanol–water partition coefficient (Wildman–Crippen LogP) is 2.49. The SMILES string of the molecule is O=C(CCOc1ccccc1)NCC(=O)Nc1ccc(F)c(F)c1. The zero-order valence-corrected chi connectivity index (χ0v) is 12.7. The third-order valence-electron chi connectivity index (χ3n) is 2.99. The van der Waals surface area contributed by atoms with Crippen molar-refractivity contribution in [3.63, 3.8) is 0 Å². The summed E-state index contributed by atoms with van der Waals surface area (Å²) in [6.07, 6.45) is 0.0906. The van der Waals surface area contributed by atoms with E-state index in [9.17, 15) is 18.4 Å². The van der Waals surface area contributed by atoms with E-state index in [-0.39, 0.29) is 31.2 Å². The van der Waals surface area contributed by atoms with Gasteiger partial charge in [-0.25, -0.2) is 8.78 Å². The molecular weight excluding hydrogens is 318 g/mol. The summed E-state index contributed by atoms with van der Waals surface area (Å²) in [5, 5.41) is 4.77. The minimum atomic E-state index is -1.06. The minimum absolute atomic E-state index is 0.0906. The van der Waals surface area contributed by atoms with E-state index in [1.165, 1.54) is 6.07 Å². The number of ether oxygens (including phenoxy) is 1. The number of carbonyl (C=O) groups is 2. The van der Waals surface area contributed by atoms with Gasteiger partial charge in [-0.1, -0.05) is 18.2 Å². The fraction of sp³-hybridized carbons (Fsp3) is 0.176. The number of hydrogen-bond donors (Lipinski definition) is 2. The van der Waals surface area contributed by atoms with Gasteiger partial charge in [0.1, 0.15) is 5.75 Å². The number of amides is 2.